The molecule has 0 aliphatic rings. The molecule has 1 amide bonds. The monoisotopic (exact) mass is 420 g/mol. The van der Waals surface area contributed by atoms with E-state index in [9.17, 15) is 4.79 Å². The third kappa shape index (κ3) is 5.54. The number of nitrogens with one attached hydrogen (secondary N) is 2. The van der Waals surface area contributed by atoms with E-state index in [-0.39, 0.29) is 17.6 Å². The van der Waals surface area contributed by atoms with Gasteiger partial charge in [0, 0.05) is 10.2 Å². The molecular weight excluding hydrogens is 400 g/mol. The number of rotatable bonds is 4. The van der Waals surface area contributed by atoms with E-state index in [1.807, 2.05) is 39.8 Å². The lowest BCUT2D eigenvalue weighted by atomic mass is 10.1. The van der Waals surface area contributed by atoms with Gasteiger partial charge in [-0.2, -0.15) is 0 Å². The van der Waals surface area contributed by atoms with Gasteiger partial charge in [0.15, 0.2) is 11.7 Å². The number of hydrogen-bond acceptors (Lipinski definition) is 3. The van der Waals surface area contributed by atoms with Gasteiger partial charge in [0.05, 0.1) is 0 Å². The Kier molecular flexibility index (Phi) is 6.56. The zero-order chi connectivity index (χ0) is 18.6. The van der Waals surface area contributed by atoms with Crippen molar-refractivity contribution in [2.24, 2.45) is 0 Å². The van der Waals surface area contributed by atoms with Crippen molar-refractivity contribution in [3.8, 4) is 5.75 Å². The molecule has 2 N–H and O–H groups in total. The van der Waals surface area contributed by atoms with Crippen molar-refractivity contribution in [1.82, 2.24) is 5.32 Å². The van der Waals surface area contributed by atoms with Crippen molar-refractivity contribution >= 4 is 44.9 Å². The summed E-state index contributed by atoms with van der Waals surface area (Å²) in [5.41, 5.74) is 5.31. The maximum Gasteiger partial charge on any atom is 0.264 e. The number of amides is 1. The van der Waals surface area contributed by atoms with Crippen molar-refractivity contribution in [3.63, 3.8) is 0 Å². The van der Waals surface area contributed by atoms with Crippen LogP contribution < -0.4 is 15.4 Å². The number of carbonyl (C=O) groups is 1. The molecule has 0 saturated heterocycles. The molecule has 0 atom stereocenters. The summed E-state index contributed by atoms with van der Waals surface area (Å²) >= 11 is 8.66. The van der Waals surface area contributed by atoms with Crippen LogP contribution in [0.1, 0.15) is 22.3 Å². The highest BCUT2D eigenvalue weighted by Gasteiger charge is 2.09. The molecule has 0 heterocycles. The van der Waals surface area contributed by atoms with Crippen LogP contribution in [0.5, 0.6) is 5.75 Å². The molecule has 25 heavy (non-hydrogen) atoms. The average molecular weight is 421 g/mol. The average Bonchev–Trinajstić information content (AvgIpc) is 2.52. The number of hydrogen-bond donors (Lipinski definition) is 2. The lowest BCUT2D eigenvalue weighted by Crippen LogP contribution is -2.37. The molecule has 6 heteroatoms. The molecule has 2 aromatic rings. The van der Waals surface area contributed by atoms with Crippen LogP contribution >= 0.6 is 28.1 Å². The Labute approximate surface area is 162 Å². The summed E-state index contributed by atoms with van der Waals surface area (Å²) in [6.45, 7) is 7.92. The van der Waals surface area contributed by atoms with E-state index in [1.165, 1.54) is 5.56 Å². The third-order valence-corrected chi connectivity index (χ3v) is 4.76. The summed E-state index contributed by atoms with van der Waals surface area (Å²) in [5, 5.41) is 5.99. The van der Waals surface area contributed by atoms with E-state index in [4.69, 9.17) is 17.0 Å². The van der Waals surface area contributed by atoms with Crippen LogP contribution in [0.25, 0.3) is 0 Å². The Hall–Kier alpha value is -1.92. The maximum atomic E-state index is 12.0. The van der Waals surface area contributed by atoms with Crippen molar-refractivity contribution in [2.45, 2.75) is 27.7 Å². The predicted molar refractivity (Wildman–Crippen MR) is 109 cm³/mol. The number of thiocarbonyl (C=S) groups is 1. The Morgan fingerprint density at radius 3 is 2.32 bits per heavy atom. The molecule has 0 fully saturated rings. The van der Waals surface area contributed by atoms with E-state index in [1.54, 1.807) is 6.07 Å². The highest BCUT2D eigenvalue weighted by atomic mass is 79.9. The fourth-order valence-corrected chi connectivity index (χ4v) is 3.00. The Morgan fingerprint density at radius 1 is 1.08 bits per heavy atom. The van der Waals surface area contributed by atoms with Gasteiger partial charge >= 0.3 is 0 Å². The molecule has 0 aliphatic heterocycles. The minimum absolute atomic E-state index is 0.102. The fraction of sp³-hybridized carbons (Fsp3) is 0.263. The van der Waals surface area contributed by atoms with E-state index in [0.29, 0.717) is 5.75 Å². The summed E-state index contributed by atoms with van der Waals surface area (Å²) in [6.07, 6.45) is 0. The number of aryl methyl sites for hydroxylation is 4. The first-order chi connectivity index (χ1) is 11.8. The van der Waals surface area contributed by atoms with E-state index < -0.39 is 0 Å². The van der Waals surface area contributed by atoms with Crippen LogP contribution in [0.15, 0.2) is 34.8 Å². The van der Waals surface area contributed by atoms with Crippen LogP contribution in [-0.2, 0) is 4.79 Å². The summed E-state index contributed by atoms with van der Waals surface area (Å²) in [5.74, 6) is 0.334. The topological polar surface area (TPSA) is 50.4 Å². The van der Waals surface area contributed by atoms with Crippen LogP contribution in [0, 0.1) is 27.7 Å². The van der Waals surface area contributed by atoms with E-state index >= 15 is 0 Å². The normalized spacial score (nSPS) is 10.3. The van der Waals surface area contributed by atoms with Crippen LogP contribution in [0.4, 0.5) is 5.69 Å². The largest absolute Gasteiger partial charge is 0.484 e. The van der Waals surface area contributed by atoms with Gasteiger partial charge in [0.1, 0.15) is 5.75 Å². The lowest BCUT2D eigenvalue weighted by molar-refractivity contribution is -0.121. The van der Waals surface area contributed by atoms with E-state index in [0.717, 1.165) is 26.9 Å². The molecule has 0 radical (unpaired) electrons. The van der Waals surface area contributed by atoms with Gasteiger partial charge in [-0.1, -0.05) is 33.6 Å². The highest BCUT2D eigenvalue weighted by molar-refractivity contribution is 9.10. The van der Waals surface area contributed by atoms with Crippen molar-refractivity contribution in [3.05, 3.63) is 57.1 Å². The molecule has 0 bridgehead atoms. The van der Waals surface area contributed by atoms with Crippen molar-refractivity contribution < 1.29 is 9.53 Å². The maximum absolute atomic E-state index is 12.0. The third-order valence-electron chi connectivity index (χ3n) is 3.67. The Bertz CT molecular complexity index is 798. The molecule has 4 nitrogen and oxygen atoms in total. The first-order valence-electron chi connectivity index (χ1n) is 7.84. The minimum Gasteiger partial charge on any atom is -0.484 e. The summed E-state index contributed by atoms with van der Waals surface area (Å²) in [6, 6.07) is 9.70. The van der Waals surface area contributed by atoms with Gasteiger partial charge in [-0.3, -0.25) is 10.1 Å². The number of anilines is 1. The van der Waals surface area contributed by atoms with Crippen molar-refractivity contribution in [2.75, 3.05) is 11.9 Å². The van der Waals surface area contributed by atoms with Crippen LogP contribution in [-0.4, -0.2) is 17.6 Å². The Balaban J connectivity index is 1.90. The Morgan fingerprint density at radius 2 is 1.72 bits per heavy atom. The first kappa shape index (κ1) is 19.4. The fourth-order valence-electron chi connectivity index (χ4n) is 2.54. The second kappa shape index (κ2) is 8.45. The molecule has 132 valence electrons. The van der Waals surface area contributed by atoms with Gasteiger partial charge < -0.3 is 10.1 Å². The lowest BCUT2D eigenvalue weighted by Gasteiger charge is -2.15. The number of benzene rings is 2. The van der Waals surface area contributed by atoms with Crippen molar-refractivity contribution in [1.29, 1.82) is 0 Å². The molecule has 0 saturated carbocycles. The van der Waals surface area contributed by atoms with E-state index in [2.05, 4.69) is 38.7 Å². The predicted octanol–water partition coefficient (Wildman–Crippen LogP) is 4.57. The smallest absolute Gasteiger partial charge is 0.264 e. The zero-order valence-electron chi connectivity index (χ0n) is 14.7. The number of carbonyl (C=O) groups excluding carboxylic acids is 1. The first-order valence-corrected chi connectivity index (χ1v) is 9.04. The standard InChI is InChI=1S/C19H21BrN2O2S/c1-11-7-13(3)18(14(4)8-11)22-19(25)21-17(23)10-24-15-5-6-16(20)12(2)9-15/h5-9H,10H2,1-4H3,(H2,21,22,23,25). The minimum atomic E-state index is -0.305. The zero-order valence-corrected chi connectivity index (χ0v) is 17.1. The summed E-state index contributed by atoms with van der Waals surface area (Å²) in [7, 11) is 0. The molecule has 2 rings (SSSR count). The number of ether oxygens (including phenoxy) is 1. The molecular formula is C19H21BrN2O2S. The molecule has 2 aromatic carbocycles. The van der Waals surface area contributed by atoms with Crippen LogP contribution in [0.2, 0.25) is 0 Å². The quantitative estimate of drug-likeness (QED) is 0.710. The second-order valence-corrected chi connectivity index (χ2v) is 7.24. The SMILES string of the molecule is Cc1cc(C)c(NC(=S)NC(=O)COc2ccc(Br)c(C)c2)c(C)c1. The highest BCUT2D eigenvalue weighted by Crippen LogP contribution is 2.22. The van der Waals surface area contributed by atoms with Crippen LogP contribution in [0.3, 0.4) is 0 Å². The van der Waals surface area contributed by atoms with Gasteiger partial charge in [-0.25, -0.2) is 0 Å². The summed E-state index contributed by atoms with van der Waals surface area (Å²) < 4.78 is 6.50. The molecule has 0 aromatic heterocycles. The van der Waals surface area contributed by atoms with Gasteiger partial charge in [0.25, 0.3) is 5.91 Å². The number of halogens is 1. The molecule has 0 aliphatic carbocycles. The van der Waals surface area contributed by atoms with Gasteiger partial charge in [0.2, 0.25) is 0 Å². The summed E-state index contributed by atoms with van der Waals surface area (Å²) in [4.78, 5) is 12.0. The van der Waals surface area contributed by atoms with Gasteiger partial charge in [-0.05, 0) is 74.8 Å². The van der Waals surface area contributed by atoms with Gasteiger partial charge in [-0.15, -0.1) is 0 Å². The molecule has 0 unspecified atom stereocenters. The molecule has 0 spiro atoms. The second-order valence-electron chi connectivity index (χ2n) is 5.98.